The van der Waals surface area contributed by atoms with E-state index < -0.39 is 0 Å². The lowest BCUT2D eigenvalue weighted by molar-refractivity contribution is 0.123. The fourth-order valence-corrected chi connectivity index (χ4v) is 3.84. The van der Waals surface area contributed by atoms with Gasteiger partial charge in [0.05, 0.1) is 36.2 Å². The summed E-state index contributed by atoms with van der Waals surface area (Å²) in [6.07, 6.45) is 2.80. The van der Waals surface area contributed by atoms with Crippen molar-refractivity contribution < 1.29 is 9.84 Å². The highest BCUT2D eigenvalue weighted by molar-refractivity contribution is 5.95. The van der Waals surface area contributed by atoms with Crippen molar-refractivity contribution >= 4 is 16.7 Å². The lowest BCUT2D eigenvalue weighted by atomic mass is 9.99. The quantitative estimate of drug-likeness (QED) is 0.761. The second-order valence-electron chi connectivity index (χ2n) is 7.21. The van der Waals surface area contributed by atoms with Gasteiger partial charge in [0.2, 0.25) is 0 Å². The van der Waals surface area contributed by atoms with Crippen LogP contribution in [0.2, 0.25) is 0 Å². The molecular formula is C21H26N4O2. The number of hydrogen-bond donors (Lipinski definition) is 1. The minimum absolute atomic E-state index is 0.219. The number of aromatic hydroxyl groups is 1. The van der Waals surface area contributed by atoms with Gasteiger partial charge in [0.25, 0.3) is 0 Å². The van der Waals surface area contributed by atoms with Gasteiger partial charge in [0, 0.05) is 30.3 Å². The number of phenolic OH excluding ortho intramolecular Hbond substituents is 1. The van der Waals surface area contributed by atoms with E-state index in [9.17, 15) is 5.11 Å². The molecule has 0 amide bonds. The first-order chi connectivity index (χ1) is 13.1. The second-order valence-corrected chi connectivity index (χ2v) is 7.21. The number of fused-ring (bicyclic) bond motifs is 1. The first-order valence-electron chi connectivity index (χ1n) is 9.62. The third-order valence-corrected chi connectivity index (χ3v) is 5.10. The van der Waals surface area contributed by atoms with Gasteiger partial charge in [-0.1, -0.05) is 19.1 Å². The van der Waals surface area contributed by atoms with E-state index in [0.717, 1.165) is 55.0 Å². The van der Waals surface area contributed by atoms with Crippen LogP contribution in [-0.4, -0.2) is 46.2 Å². The average Bonchev–Trinajstić information content (AvgIpc) is 3.11. The number of phenols is 1. The fourth-order valence-electron chi connectivity index (χ4n) is 3.84. The number of pyridine rings is 1. The van der Waals surface area contributed by atoms with E-state index in [2.05, 4.69) is 30.8 Å². The van der Waals surface area contributed by atoms with E-state index in [1.54, 1.807) is 12.1 Å². The number of anilines is 1. The standard InChI is InChI=1S/C21H26N4O2/c1-4-17-19(15-6-5-7-16(26)12-15)23-21-18(13-22-25(21)14(2)3)20(17)24-8-10-27-11-9-24/h5-7,12-14,26H,4,8-11H2,1-3H3. The molecule has 0 bridgehead atoms. The van der Waals surface area contributed by atoms with Crippen LogP contribution < -0.4 is 4.90 Å². The smallest absolute Gasteiger partial charge is 0.160 e. The second kappa shape index (κ2) is 7.19. The maximum absolute atomic E-state index is 10.00. The number of hydrogen-bond acceptors (Lipinski definition) is 5. The molecule has 3 aromatic rings. The maximum Gasteiger partial charge on any atom is 0.160 e. The number of aromatic nitrogens is 3. The molecule has 0 radical (unpaired) electrons. The minimum Gasteiger partial charge on any atom is -0.508 e. The molecule has 1 saturated heterocycles. The highest BCUT2D eigenvalue weighted by Crippen LogP contribution is 2.38. The highest BCUT2D eigenvalue weighted by Gasteiger charge is 2.24. The third kappa shape index (κ3) is 3.14. The summed E-state index contributed by atoms with van der Waals surface area (Å²) in [7, 11) is 0. The van der Waals surface area contributed by atoms with E-state index in [1.165, 1.54) is 11.3 Å². The van der Waals surface area contributed by atoms with Gasteiger partial charge in [-0.3, -0.25) is 0 Å². The molecule has 1 fully saturated rings. The lowest BCUT2D eigenvalue weighted by Gasteiger charge is -2.32. The molecule has 0 aliphatic carbocycles. The Hall–Kier alpha value is -2.60. The molecule has 4 rings (SSSR count). The van der Waals surface area contributed by atoms with Crippen LogP contribution in [0.3, 0.4) is 0 Å². The van der Waals surface area contributed by atoms with Crippen molar-refractivity contribution in [3.63, 3.8) is 0 Å². The van der Waals surface area contributed by atoms with Crippen molar-refractivity contribution in [3.8, 4) is 17.0 Å². The molecule has 3 heterocycles. The van der Waals surface area contributed by atoms with Crippen molar-refractivity contribution in [2.24, 2.45) is 0 Å². The molecule has 2 aromatic heterocycles. The van der Waals surface area contributed by atoms with Crippen LogP contribution in [0.15, 0.2) is 30.5 Å². The zero-order chi connectivity index (χ0) is 19.0. The summed E-state index contributed by atoms with van der Waals surface area (Å²) < 4.78 is 7.55. The van der Waals surface area contributed by atoms with E-state index >= 15 is 0 Å². The summed E-state index contributed by atoms with van der Waals surface area (Å²) in [5, 5.41) is 15.7. The zero-order valence-electron chi connectivity index (χ0n) is 16.1. The summed E-state index contributed by atoms with van der Waals surface area (Å²) in [5.41, 5.74) is 5.14. The summed E-state index contributed by atoms with van der Waals surface area (Å²) in [5.74, 6) is 0.252. The van der Waals surface area contributed by atoms with Gasteiger partial charge in [-0.2, -0.15) is 5.10 Å². The number of benzene rings is 1. The van der Waals surface area contributed by atoms with Gasteiger partial charge in [0.15, 0.2) is 5.65 Å². The van der Waals surface area contributed by atoms with Crippen LogP contribution in [0, 0.1) is 0 Å². The molecule has 0 saturated carbocycles. The van der Waals surface area contributed by atoms with Crippen LogP contribution in [0.1, 0.15) is 32.4 Å². The average molecular weight is 366 g/mol. The summed E-state index contributed by atoms with van der Waals surface area (Å²) in [4.78, 5) is 7.42. The van der Waals surface area contributed by atoms with Crippen LogP contribution >= 0.6 is 0 Å². The van der Waals surface area contributed by atoms with Crippen molar-refractivity contribution in [2.75, 3.05) is 31.2 Å². The Morgan fingerprint density at radius 3 is 2.67 bits per heavy atom. The molecule has 142 valence electrons. The van der Waals surface area contributed by atoms with Crippen molar-refractivity contribution in [2.45, 2.75) is 33.2 Å². The molecule has 6 nitrogen and oxygen atoms in total. The zero-order valence-corrected chi connectivity index (χ0v) is 16.1. The molecule has 1 aliphatic rings. The van der Waals surface area contributed by atoms with Gasteiger partial charge in [-0.25, -0.2) is 9.67 Å². The molecule has 1 N–H and O–H groups in total. The van der Waals surface area contributed by atoms with E-state index in [-0.39, 0.29) is 11.8 Å². The molecule has 1 aromatic carbocycles. The molecule has 6 heteroatoms. The van der Waals surface area contributed by atoms with Crippen molar-refractivity contribution in [3.05, 3.63) is 36.0 Å². The topological polar surface area (TPSA) is 63.4 Å². The highest BCUT2D eigenvalue weighted by atomic mass is 16.5. The largest absolute Gasteiger partial charge is 0.508 e. The molecule has 0 spiro atoms. The number of ether oxygens (including phenoxy) is 1. The predicted octanol–water partition coefficient (Wildman–Crippen LogP) is 3.78. The van der Waals surface area contributed by atoms with Gasteiger partial charge >= 0.3 is 0 Å². The lowest BCUT2D eigenvalue weighted by Crippen LogP contribution is -2.37. The van der Waals surface area contributed by atoms with Crippen LogP contribution in [0.5, 0.6) is 5.75 Å². The molecule has 1 aliphatic heterocycles. The molecule has 27 heavy (non-hydrogen) atoms. The maximum atomic E-state index is 10.00. The Morgan fingerprint density at radius 2 is 2.00 bits per heavy atom. The minimum atomic E-state index is 0.219. The van der Waals surface area contributed by atoms with Crippen molar-refractivity contribution in [1.29, 1.82) is 0 Å². The van der Waals surface area contributed by atoms with E-state index in [1.807, 2.05) is 23.0 Å². The summed E-state index contributed by atoms with van der Waals surface area (Å²) >= 11 is 0. The molecular weight excluding hydrogens is 340 g/mol. The molecule has 0 atom stereocenters. The summed E-state index contributed by atoms with van der Waals surface area (Å²) in [6, 6.07) is 7.56. The number of nitrogens with zero attached hydrogens (tertiary/aromatic N) is 4. The van der Waals surface area contributed by atoms with Crippen LogP contribution in [0.4, 0.5) is 5.69 Å². The van der Waals surface area contributed by atoms with E-state index in [4.69, 9.17) is 9.72 Å². The Kier molecular flexibility index (Phi) is 4.74. The summed E-state index contributed by atoms with van der Waals surface area (Å²) in [6.45, 7) is 9.57. The fraction of sp³-hybridized carbons (Fsp3) is 0.429. The van der Waals surface area contributed by atoms with Gasteiger partial charge in [0.1, 0.15) is 5.75 Å². The monoisotopic (exact) mass is 366 g/mol. The first kappa shape index (κ1) is 17.8. The number of morpholine rings is 1. The predicted molar refractivity (Wildman–Crippen MR) is 107 cm³/mol. The Morgan fingerprint density at radius 1 is 1.22 bits per heavy atom. The Labute approximate surface area is 159 Å². The van der Waals surface area contributed by atoms with Gasteiger partial charge < -0.3 is 14.7 Å². The van der Waals surface area contributed by atoms with Crippen LogP contribution in [-0.2, 0) is 11.2 Å². The third-order valence-electron chi connectivity index (χ3n) is 5.10. The first-order valence-corrected chi connectivity index (χ1v) is 9.62. The Bertz CT molecular complexity index is 958. The Balaban J connectivity index is 2.03. The molecule has 0 unspecified atom stereocenters. The van der Waals surface area contributed by atoms with Gasteiger partial charge in [-0.05, 0) is 32.4 Å². The SMILES string of the molecule is CCc1c(-c2cccc(O)c2)nc2c(cnn2C(C)C)c1N1CCOCC1. The van der Waals surface area contributed by atoms with E-state index in [0.29, 0.717) is 0 Å². The van der Waals surface area contributed by atoms with Crippen molar-refractivity contribution in [1.82, 2.24) is 14.8 Å². The van der Waals surface area contributed by atoms with Gasteiger partial charge in [-0.15, -0.1) is 0 Å². The number of rotatable bonds is 4. The normalized spacial score (nSPS) is 15.0. The van der Waals surface area contributed by atoms with Crippen LogP contribution in [0.25, 0.3) is 22.3 Å².